The zero-order chi connectivity index (χ0) is 23.4. The lowest BCUT2D eigenvalue weighted by Gasteiger charge is -2.23. The summed E-state index contributed by atoms with van der Waals surface area (Å²) in [6.07, 6.45) is 0. The Morgan fingerprint density at radius 3 is 2.33 bits per heavy atom. The highest BCUT2D eigenvalue weighted by Gasteiger charge is 2.22. The standard InChI is InChI=1S/C27H28N4O2/c1-4-30(22-10-6-5-7-11-22)25(32)18-31-24-13-9-8-12-23(24)29-26(31)20(3)28-27(33)21-16-14-19(2)15-17-21/h5-17,20H,4,18H2,1-3H3,(H,28,33). The minimum Gasteiger partial charge on any atom is -0.342 e. The molecule has 1 unspecified atom stereocenters. The predicted molar refractivity (Wildman–Crippen MR) is 131 cm³/mol. The third-order valence-electron chi connectivity index (χ3n) is 5.71. The third-order valence-corrected chi connectivity index (χ3v) is 5.71. The summed E-state index contributed by atoms with van der Waals surface area (Å²) in [6.45, 7) is 6.53. The van der Waals surface area contributed by atoms with Gasteiger partial charge in [-0.25, -0.2) is 4.98 Å². The fourth-order valence-electron chi connectivity index (χ4n) is 3.97. The highest BCUT2D eigenvalue weighted by Crippen LogP contribution is 2.23. The fraction of sp³-hybridized carbons (Fsp3) is 0.222. The summed E-state index contributed by atoms with van der Waals surface area (Å²) in [5, 5.41) is 3.03. The molecule has 2 amide bonds. The van der Waals surface area contributed by atoms with Crippen LogP contribution in [0.4, 0.5) is 5.69 Å². The largest absolute Gasteiger partial charge is 0.342 e. The Bertz CT molecular complexity index is 1260. The van der Waals surface area contributed by atoms with Crippen molar-refractivity contribution in [3.8, 4) is 0 Å². The van der Waals surface area contributed by atoms with Gasteiger partial charge in [-0.2, -0.15) is 0 Å². The van der Waals surface area contributed by atoms with Crippen LogP contribution in [-0.2, 0) is 11.3 Å². The normalized spacial score (nSPS) is 11.8. The number of likely N-dealkylation sites (N-methyl/N-ethyl adjacent to an activating group) is 1. The van der Waals surface area contributed by atoms with Crippen LogP contribution < -0.4 is 10.2 Å². The summed E-state index contributed by atoms with van der Waals surface area (Å²) in [6, 6.07) is 24.4. The molecule has 4 aromatic rings. The van der Waals surface area contributed by atoms with Crippen molar-refractivity contribution in [3.05, 3.63) is 95.8 Å². The number of aromatic nitrogens is 2. The number of nitrogens with one attached hydrogen (secondary N) is 1. The average molecular weight is 441 g/mol. The van der Waals surface area contributed by atoms with Crippen molar-refractivity contribution in [2.24, 2.45) is 0 Å². The molecule has 168 valence electrons. The molecule has 6 heteroatoms. The Morgan fingerprint density at radius 2 is 1.64 bits per heavy atom. The number of carbonyl (C=O) groups is 2. The molecule has 1 aromatic heterocycles. The number of nitrogens with zero attached hydrogens (tertiary/aromatic N) is 3. The van der Waals surface area contributed by atoms with Gasteiger partial charge in [-0.05, 0) is 57.2 Å². The molecule has 6 nitrogen and oxygen atoms in total. The van der Waals surface area contributed by atoms with Gasteiger partial charge >= 0.3 is 0 Å². The first-order valence-corrected chi connectivity index (χ1v) is 11.2. The van der Waals surface area contributed by atoms with E-state index in [1.165, 1.54) is 0 Å². The van der Waals surface area contributed by atoms with E-state index in [9.17, 15) is 9.59 Å². The van der Waals surface area contributed by atoms with Gasteiger partial charge < -0.3 is 14.8 Å². The number of aryl methyl sites for hydroxylation is 1. The van der Waals surface area contributed by atoms with E-state index in [4.69, 9.17) is 4.98 Å². The molecule has 0 bridgehead atoms. The van der Waals surface area contributed by atoms with E-state index in [1.807, 2.05) is 104 Å². The quantitative estimate of drug-likeness (QED) is 0.445. The molecule has 1 heterocycles. The Hall–Kier alpha value is -3.93. The Morgan fingerprint density at radius 1 is 0.970 bits per heavy atom. The molecule has 0 radical (unpaired) electrons. The summed E-state index contributed by atoms with van der Waals surface area (Å²) in [4.78, 5) is 32.7. The fourth-order valence-corrected chi connectivity index (χ4v) is 3.97. The van der Waals surface area contributed by atoms with Crippen molar-refractivity contribution in [1.82, 2.24) is 14.9 Å². The summed E-state index contributed by atoms with van der Waals surface area (Å²) in [5.41, 5.74) is 4.20. The highest BCUT2D eigenvalue weighted by molar-refractivity contribution is 5.95. The number of fused-ring (bicyclic) bond motifs is 1. The van der Waals surface area contributed by atoms with E-state index in [0.717, 1.165) is 22.3 Å². The van der Waals surface area contributed by atoms with Crippen molar-refractivity contribution in [2.45, 2.75) is 33.4 Å². The van der Waals surface area contributed by atoms with Crippen LogP contribution in [0.5, 0.6) is 0 Å². The molecule has 0 spiro atoms. The van der Waals surface area contributed by atoms with Gasteiger partial charge in [-0.3, -0.25) is 9.59 Å². The Labute approximate surface area is 193 Å². The Balaban J connectivity index is 1.63. The first-order chi connectivity index (χ1) is 16.0. The van der Waals surface area contributed by atoms with Crippen LogP contribution in [0.25, 0.3) is 11.0 Å². The van der Waals surface area contributed by atoms with Crippen LogP contribution in [-0.4, -0.2) is 27.9 Å². The second-order valence-electron chi connectivity index (χ2n) is 8.08. The van der Waals surface area contributed by atoms with Gasteiger partial charge in [0.1, 0.15) is 12.4 Å². The van der Waals surface area contributed by atoms with E-state index in [2.05, 4.69) is 5.32 Å². The summed E-state index contributed by atoms with van der Waals surface area (Å²) in [7, 11) is 0. The molecular weight excluding hydrogens is 412 g/mol. The van der Waals surface area contributed by atoms with Crippen LogP contribution in [0, 0.1) is 6.92 Å². The van der Waals surface area contributed by atoms with Crippen LogP contribution >= 0.6 is 0 Å². The zero-order valence-corrected chi connectivity index (χ0v) is 19.2. The van der Waals surface area contributed by atoms with Gasteiger partial charge in [0.25, 0.3) is 5.91 Å². The monoisotopic (exact) mass is 440 g/mol. The third kappa shape index (κ3) is 4.80. The van der Waals surface area contributed by atoms with Gasteiger partial charge in [-0.15, -0.1) is 0 Å². The van der Waals surface area contributed by atoms with E-state index in [-0.39, 0.29) is 24.4 Å². The molecule has 0 aliphatic heterocycles. The van der Waals surface area contributed by atoms with Crippen LogP contribution in [0.3, 0.4) is 0 Å². The van der Waals surface area contributed by atoms with Crippen molar-refractivity contribution in [2.75, 3.05) is 11.4 Å². The number of anilines is 1. The van der Waals surface area contributed by atoms with Crippen molar-refractivity contribution < 1.29 is 9.59 Å². The van der Waals surface area contributed by atoms with Crippen LogP contribution in [0.15, 0.2) is 78.9 Å². The summed E-state index contributed by atoms with van der Waals surface area (Å²) in [5.74, 6) is 0.436. The molecule has 0 aliphatic rings. The maximum absolute atomic E-state index is 13.3. The van der Waals surface area contributed by atoms with Gasteiger partial charge in [0.05, 0.1) is 17.1 Å². The number of hydrogen-bond donors (Lipinski definition) is 1. The first kappa shape index (κ1) is 22.3. The smallest absolute Gasteiger partial charge is 0.251 e. The number of benzene rings is 3. The second-order valence-corrected chi connectivity index (χ2v) is 8.08. The van der Waals surface area contributed by atoms with Gasteiger partial charge in [0.15, 0.2) is 0 Å². The first-order valence-electron chi connectivity index (χ1n) is 11.2. The van der Waals surface area contributed by atoms with Crippen LogP contribution in [0.2, 0.25) is 0 Å². The maximum atomic E-state index is 13.3. The molecule has 0 fully saturated rings. The van der Waals surface area contributed by atoms with Gasteiger partial charge in [0.2, 0.25) is 5.91 Å². The molecule has 3 aromatic carbocycles. The lowest BCUT2D eigenvalue weighted by atomic mass is 10.1. The predicted octanol–water partition coefficient (Wildman–Crippen LogP) is 4.89. The molecule has 0 aliphatic carbocycles. The van der Waals surface area contributed by atoms with E-state index >= 15 is 0 Å². The average Bonchev–Trinajstić information content (AvgIpc) is 3.19. The van der Waals surface area contributed by atoms with E-state index in [1.54, 1.807) is 4.90 Å². The SMILES string of the molecule is CCN(C(=O)Cn1c(C(C)NC(=O)c2ccc(C)cc2)nc2ccccc21)c1ccccc1. The molecule has 0 saturated carbocycles. The van der Waals surface area contributed by atoms with Crippen molar-refractivity contribution in [3.63, 3.8) is 0 Å². The lowest BCUT2D eigenvalue weighted by molar-refractivity contribution is -0.119. The topological polar surface area (TPSA) is 67.2 Å². The van der Waals surface area contributed by atoms with Crippen LogP contribution in [0.1, 0.15) is 41.6 Å². The Kier molecular flexibility index (Phi) is 6.54. The maximum Gasteiger partial charge on any atom is 0.251 e. The molecule has 4 rings (SSSR count). The summed E-state index contributed by atoms with van der Waals surface area (Å²) < 4.78 is 1.91. The molecule has 33 heavy (non-hydrogen) atoms. The molecule has 1 atom stereocenters. The summed E-state index contributed by atoms with van der Waals surface area (Å²) >= 11 is 0. The highest BCUT2D eigenvalue weighted by atomic mass is 16.2. The molecular formula is C27H28N4O2. The van der Waals surface area contributed by atoms with Gasteiger partial charge in [0, 0.05) is 17.8 Å². The number of carbonyl (C=O) groups excluding carboxylic acids is 2. The number of imidazole rings is 1. The number of hydrogen-bond acceptors (Lipinski definition) is 3. The lowest BCUT2D eigenvalue weighted by Crippen LogP contribution is -2.35. The van der Waals surface area contributed by atoms with E-state index < -0.39 is 0 Å². The minimum atomic E-state index is -0.384. The number of para-hydroxylation sites is 3. The van der Waals surface area contributed by atoms with Crippen molar-refractivity contribution >= 4 is 28.5 Å². The number of amides is 2. The minimum absolute atomic E-state index is 0.0369. The molecule has 0 saturated heterocycles. The van der Waals surface area contributed by atoms with Gasteiger partial charge in [-0.1, -0.05) is 48.0 Å². The second kappa shape index (κ2) is 9.69. The van der Waals surface area contributed by atoms with E-state index in [0.29, 0.717) is 17.9 Å². The van der Waals surface area contributed by atoms with Crippen molar-refractivity contribution in [1.29, 1.82) is 0 Å². The molecule has 1 N–H and O–H groups in total. The zero-order valence-electron chi connectivity index (χ0n) is 19.2. The number of rotatable bonds is 7.